The summed E-state index contributed by atoms with van der Waals surface area (Å²) >= 11 is 0. The van der Waals surface area contributed by atoms with E-state index in [9.17, 15) is 22.8 Å². The molecule has 3 nitrogen and oxygen atoms in total. The Bertz CT molecular complexity index is 530. The van der Waals surface area contributed by atoms with Crippen LogP contribution < -0.4 is 0 Å². The van der Waals surface area contributed by atoms with E-state index in [0.29, 0.717) is 38.4 Å². The van der Waals surface area contributed by atoms with Gasteiger partial charge in [-0.1, -0.05) is 13.0 Å². The number of carbonyl (C=O) groups excluding carboxylic acids is 2. The van der Waals surface area contributed by atoms with Crippen LogP contribution in [0.1, 0.15) is 39.5 Å². The number of amides is 1. The predicted molar refractivity (Wildman–Crippen MR) is 82.5 cm³/mol. The Labute approximate surface area is 134 Å². The summed E-state index contributed by atoms with van der Waals surface area (Å²) in [6.45, 7) is 4.26. The number of Topliss-reactive ketones (excluding diaryl/α,β-unsaturated/α-hetero) is 1. The Hall–Kier alpha value is -1.85. The lowest BCUT2D eigenvalue weighted by molar-refractivity contribution is -0.131. The highest BCUT2D eigenvalue weighted by molar-refractivity contribution is 5.96. The SMILES string of the molecule is C\C=C(/C=C(F)\C(F)=C\F)C(=O)N1CCC(C(=O)CCC)CC1. The van der Waals surface area contributed by atoms with Crippen LogP contribution in [0.4, 0.5) is 13.2 Å². The van der Waals surface area contributed by atoms with E-state index in [2.05, 4.69) is 0 Å². The summed E-state index contributed by atoms with van der Waals surface area (Å²) in [5.74, 6) is -3.35. The average Bonchev–Trinajstić information content (AvgIpc) is 2.58. The molecule has 1 aliphatic heterocycles. The summed E-state index contributed by atoms with van der Waals surface area (Å²) in [5.41, 5.74) is -0.0437. The zero-order chi connectivity index (χ0) is 17.4. The van der Waals surface area contributed by atoms with Crippen LogP contribution in [0, 0.1) is 5.92 Å². The lowest BCUT2D eigenvalue weighted by atomic mass is 9.90. The van der Waals surface area contributed by atoms with E-state index < -0.39 is 23.9 Å². The number of halogens is 3. The van der Waals surface area contributed by atoms with Crippen LogP contribution >= 0.6 is 0 Å². The molecule has 0 spiro atoms. The van der Waals surface area contributed by atoms with Crippen LogP contribution in [0.5, 0.6) is 0 Å². The van der Waals surface area contributed by atoms with Gasteiger partial charge in [0.05, 0.1) is 0 Å². The van der Waals surface area contributed by atoms with Gasteiger partial charge in [-0.15, -0.1) is 0 Å². The molecule has 1 heterocycles. The van der Waals surface area contributed by atoms with Crippen molar-refractivity contribution in [1.82, 2.24) is 4.90 Å². The third kappa shape index (κ3) is 5.37. The minimum atomic E-state index is -1.65. The van der Waals surface area contributed by atoms with Crippen LogP contribution in [-0.2, 0) is 9.59 Å². The van der Waals surface area contributed by atoms with Gasteiger partial charge in [0.1, 0.15) is 12.1 Å². The maximum atomic E-state index is 13.3. The van der Waals surface area contributed by atoms with Gasteiger partial charge in [-0.3, -0.25) is 9.59 Å². The van der Waals surface area contributed by atoms with Gasteiger partial charge in [-0.25, -0.2) is 13.2 Å². The van der Waals surface area contributed by atoms with E-state index in [1.807, 2.05) is 6.92 Å². The van der Waals surface area contributed by atoms with E-state index >= 15 is 0 Å². The van der Waals surface area contributed by atoms with Crippen LogP contribution in [0.2, 0.25) is 0 Å². The number of likely N-dealkylation sites (tertiary alicyclic amines) is 1. The lowest BCUT2D eigenvalue weighted by Crippen LogP contribution is -2.40. The van der Waals surface area contributed by atoms with Crippen LogP contribution in [0.15, 0.2) is 35.7 Å². The molecule has 0 aromatic rings. The molecule has 0 radical (unpaired) electrons. The molecule has 0 aliphatic carbocycles. The topological polar surface area (TPSA) is 37.4 Å². The molecule has 1 amide bonds. The first-order valence-corrected chi connectivity index (χ1v) is 7.76. The first-order chi connectivity index (χ1) is 10.9. The maximum absolute atomic E-state index is 13.3. The van der Waals surface area contributed by atoms with Crippen molar-refractivity contribution in [2.24, 2.45) is 5.92 Å². The molecular weight excluding hydrogens is 307 g/mol. The quantitative estimate of drug-likeness (QED) is 0.542. The van der Waals surface area contributed by atoms with Gasteiger partial charge in [0.25, 0.3) is 5.91 Å². The van der Waals surface area contributed by atoms with Crippen LogP contribution in [0.25, 0.3) is 0 Å². The second-order valence-corrected chi connectivity index (χ2v) is 5.48. The molecule has 1 rings (SSSR count). The van der Waals surface area contributed by atoms with Gasteiger partial charge in [0.15, 0.2) is 11.7 Å². The molecule has 23 heavy (non-hydrogen) atoms. The van der Waals surface area contributed by atoms with Gasteiger partial charge >= 0.3 is 0 Å². The summed E-state index contributed by atoms with van der Waals surface area (Å²) in [5, 5.41) is 0. The van der Waals surface area contributed by atoms with Gasteiger partial charge in [0.2, 0.25) is 0 Å². The van der Waals surface area contributed by atoms with Crippen LogP contribution in [-0.4, -0.2) is 29.7 Å². The molecule has 0 saturated carbocycles. The van der Waals surface area contributed by atoms with Gasteiger partial charge in [-0.05, 0) is 32.3 Å². The first-order valence-electron chi connectivity index (χ1n) is 7.76. The minimum Gasteiger partial charge on any atom is -0.339 e. The molecule has 0 N–H and O–H groups in total. The smallest absolute Gasteiger partial charge is 0.253 e. The third-order valence-corrected chi connectivity index (χ3v) is 3.90. The second-order valence-electron chi connectivity index (χ2n) is 5.48. The van der Waals surface area contributed by atoms with Crippen molar-refractivity contribution in [3.63, 3.8) is 0 Å². The number of allylic oxidation sites excluding steroid dienone is 3. The summed E-state index contributed by atoms with van der Waals surface area (Å²) in [7, 11) is 0. The standard InChI is InChI=1S/C17H22F3NO2/c1-3-5-16(22)13-6-8-21(9-7-13)17(23)12(4-2)10-14(19)15(20)11-18/h4,10-11,13H,3,5-9H2,1-2H3/b12-4+,14-10+,15-11-. The maximum Gasteiger partial charge on any atom is 0.253 e. The fourth-order valence-corrected chi connectivity index (χ4v) is 2.56. The molecule has 0 aromatic heterocycles. The zero-order valence-electron chi connectivity index (χ0n) is 13.4. The minimum absolute atomic E-state index is 0.0350. The predicted octanol–water partition coefficient (Wildman–Crippen LogP) is 4.17. The molecule has 1 aliphatic rings. The Morgan fingerprint density at radius 3 is 2.26 bits per heavy atom. The van der Waals surface area contributed by atoms with E-state index in [1.54, 1.807) is 0 Å². The van der Waals surface area contributed by atoms with Crippen molar-refractivity contribution < 1.29 is 22.8 Å². The average molecular weight is 329 g/mol. The van der Waals surface area contributed by atoms with Crippen molar-refractivity contribution in [3.8, 4) is 0 Å². The second kappa shape index (κ2) is 9.33. The van der Waals surface area contributed by atoms with E-state index in [0.717, 1.165) is 6.42 Å². The number of hydrogen-bond acceptors (Lipinski definition) is 2. The van der Waals surface area contributed by atoms with Crippen molar-refractivity contribution in [2.75, 3.05) is 13.1 Å². The third-order valence-electron chi connectivity index (χ3n) is 3.90. The van der Waals surface area contributed by atoms with Crippen molar-refractivity contribution in [3.05, 3.63) is 35.7 Å². The highest BCUT2D eigenvalue weighted by Gasteiger charge is 2.27. The summed E-state index contributed by atoms with van der Waals surface area (Å²) in [4.78, 5) is 25.7. The normalized spacial score (nSPS) is 18.3. The highest BCUT2D eigenvalue weighted by atomic mass is 19.2. The Morgan fingerprint density at radius 2 is 1.78 bits per heavy atom. The summed E-state index contributed by atoms with van der Waals surface area (Å²) in [6, 6.07) is 0. The molecular formula is C17H22F3NO2. The van der Waals surface area contributed by atoms with Crippen molar-refractivity contribution in [2.45, 2.75) is 39.5 Å². The summed E-state index contributed by atoms with van der Waals surface area (Å²) in [6.07, 6.45) is 4.04. The fourth-order valence-electron chi connectivity index (χ4n) is 2.56. The molecule has 0 aromatic carbocycles. The molecule has 0 bridgehead atoms. The Kier molecular flexibility index (Phi) is 7.78. The van der Waals surface area contributed by atoms with E-state index in [-0.39, 0.29) is 17.3 Å². The zero-order valence-corrected chi connectivity index (χ0v) is 13.4. The Morgan fingerprint density at radius 1 is 1.17 bits per heavy atom. The number of piperidine rings is 1. The van der Waals surface area contributed by atoms with E-state index in [1.165, 1.54) is 17.9 Å². The highest BCUT2D eigenvalue weighted by Crippen LogP contribution is 2.23. The van der Waals surface area contributed by atoms with Crippen molar-refractivity contribution in [1.29, 1.82) is 0 Å². The van der Waals surface area contributed by atoms with Crippen LogP contribution in [0.3, 0.4) is 0 Å². The van der Waals surface area contributed by atoms with Gasteiger partial charge in [0, 0.05) is 31.0 Å². The molecule has 0 unspecified atom stereocenters. The number of carbonyl (C=O) groups is 2. The van der Waals surface area contributed by atoms with Gasteiger partial charge < -0.3 is 4.90 Å². The lowest BCUT2D eigenvalue weighted by Gasteiger charge is -2.31. The molecule has 6 heteroatoms. The number of rotatable bonds is 6. The number of ketones is 1. The number of nitrogens with zero attached hydrogens (tertiary/aromatic N) is 1. The molecule has 1 fully saturated rings. The van der Waals surface area contributed by atoms with Gasteiger partial charge in [-0.2, -0.15) is 0 Å². The monoisotopic (exact) mass is 329 g/mol. The molecule has 1 saturated heterocycles. The fraction of sp³-hybridized carbons (Fsp3) is 0.529. The largest absolute Gasteiger partial charge is 0.339 e. The first kappa shape index (κ1) is 19.2. The summed E-state index contributed by atoms with van der Waals surface area (Å²) < 4.78 is 38.1. The molecule has 0 atom stereocenters. The van der Waals surface area contributed by atoms with Crippen molar-refractivity contribution >= 4 is 11.7 Å². The number of hydrogen-bond donors (Lipinski definition) is 0. The van der Waals surface area contributed by atoms with E-state index in [4.69, 9.17) is 0 Å². The molecule has 128 valence electrons. The Balaban J connectivity index is 2.70.